The molecule has 2 heterocycles. The average molecular weight is 428 g/mol. The molecule has 3 aromatic rings. The van der Waals surface area contributed by atoms with Gasteiger partial charge in [0, 0.05) is 19.1 Å². The molecule has 1 aliphatic heterocycles. The molecule has 1 aliphatic rings. The number of fused-ring (bicyclic) bond motifs is 1. The number of benzene rings is 2. The van der Waals surface area contributed by atoms with Gasteiger partial charge in [-0.1, -0.05) is 29.8 Å². The molecule has 0 unspecified atom stereocenters. The monoisotopic (exact) mass is 427 g/mol. The van der Waals surface area contributed by atoms with Gasteiger partial charge in [0.05, 0.1) is 15.9 Å². The first-order valence-electron chi connectivity index (χ1n) is 10.5. The Morgan fingerprint density at radius 2 is 2.07 bits per heavy atom. The van der Waals surface area contributed by atoms with Gasteiger partial charge in [0.15, 0.2) is 0 Å². The van der Waals surface area contributed by atoms with Gasteiger partial charge in [-0.15, -0.1) is 0 Å². The van der Waals surface area contributed by atoms with E-state index in [1.165, 1.54) is 12.1 Å². The predicted molar refractivity (Wildman–Crippen MR) is 121 cm³/mol. The number of aromatic nitrogens is 2. The smallest absolute Gasteiger partial charge is 0.262 e. The highest BCUT2D eigenvalue weighted by molar-refractivity contribution is 6.30. The molecule has 1 saturated heterocycles. The summed E-state index contributed by atoms with van der Waals surface area (Å²) in [7, 11) is 0. The lowest BCUT2D eigenvalue weighted by Gasteiger charge is -2.35. The summed E-state index contributed by atoms with van der Waals surface area (Å²) in [5.74, 6) is 0.632. The third kappa shape index (κ3) is 4.01. The van der Waals surface area contributed by atoms with Gasteiger partial charge in [0.25, 0.3) is 5.56 Å². The highest BCUT2D eigenvalue weighted by Crippen LogP contribution is 2.29. The first-order chi connectivity index (χ1) is 14.3. The molecule has 0 bridgehead atoms. The Morgan fingerprint density at radius 1 is 1.27 bits per heavy atom. The van der Waals surface area contributed by atoms with Crippen molar-refractivity contribution in [1.29, 1.82) is 0 Å². The van der Waals surface area contributed by atoms with Crippen LogP contribution in [-0.2, 0) is 6.54 Å². The summed E-state index contributed by atoms with van der Waals surface area (Å²) in [5, 5.41) is 0.596. The third-order valence-electron chi connectivity index (χ3n) is 6.13. The normalized spacial score (nSPS) is 17.7. The van der Waals surface area contributed by atoms with Crippen LogP contribution in [0.3, 0.4) is 0 Å². The Kier molecular flexibility index (Phi) is 5.94. The molecule has 1 atom stereocenters. The van der Waals surface area contributed by atoms with E-state index >= 15 is 0 Å². The van der Waals surface area contributed by atoms with Crippen LogP contribution >= 0.6 is 11.6 Å². The van der Waals surface area contributed by atoms with Crippen molar-refractivity contribution < 1.29 is 4.39 Å². The Balaban J connectivity index is 1.78. The molecular formula is C24H27ClFN3O. The van der Waals surface area contributed by atoms with Crippen LogP contribution in [0, 0.1) is 18.7 Å². The maximum atomic E-state index is 14.1. The summed E-state index contributed by atoms with van der Waals surface area (Å²) in [6.07, 6.45) is 2.25. The number of nitrogens with zero attached hydrogens (tertiary/aromatic N) is 3. The number of hydrogen-bond acceptors (Lipinski definition) is 3. The van der Waals surface area contributed by atoms with E-state index in [-0.39, 0.29) is 10.6 Å². The topological polar surface area (TPSA) is 38.1 Å². The quantitative estimate of drug-likeness (QED) is 0.568. The van der Waals surface area contributed by atoms with Crippen LogP contribution in [0.2, 0.25) is 5.02 Å². The van der Waals surface area contributed by atoms with Crippen LogP contribution in [0.4, 0.5) is 4.39 Å². The third-order valence-corrected chi connectivity index (χ3v) is 6.43. The van der Waals surface area contributed by atoms with E-state index in [4.69, 9.17) is 16.6 Å². The van der Waals surface area contributed by atoms with E-state index in [0.717, 1.165) is 25.9 Å². The number of hydrogen-bond donors (Lipinski definition) is 0. The molecular weight excluding hydrogens is 401 g/mol. The molecule has 0 radical (unpaired) electrons. The zero-order valence-electron chi connectivity index (χ0n) is 17.7. The molecule has 0 saturated carbocycles. The lowest BCUT2D eigenvalue weighted by molar-refractivity contribution is 0.129. The maximum absolute atomic E-state index is 14.1. The standard InChI is InChI=1S/C24H27ClFN3O/c1-15(2)28-11-5-6-17(13-28)14-29-16(3)27-22-8-4-7-19(23(22)24(29)30)18-9-10-20(25)21(26)12-18/h4,7-10,12,15,17H,5-6,11,13-14H2,1-3H3/t17-/m0/s1. The first kappa shape index (κ1) is 21.0. The molecule has 158 valence electrons. The number of halogens is 2. The predicted octanol–water partition coefficient (Wildman–Crippen LogP) is 5.28. The van der Waals surface area contributed by atoms with Gasteiger partial charge in [-0.05, 0) is 75.4 Å². The van der Waals surface area contributed by atoms with E-state index < -0.39 is 5.82 Å². The molecule has 6 heteroatoms. The molecule has 1 fully saturated rings. The second-order valence-electron chi connectivity index (χ2n) is 8.50. The van der Waals surface area contributed by atoms with Crippen LogP contribution in [-0.4, -0.2) is 33.6 Å². The lowest BCUT2D eigenvalue weighted by Crippen LogP contribution is -2.42. The van der Waals surface area contributed by atoms with E-state index in [1.807, 2.05) is 25.1 Å². The average Bonchev–Trinajstić information content (AvgIpc) is 2.73. The van der Waals surface area contributed by atoms with Gasteiger partial charge in [0.1, 0.15) is 11.6 Å². The Morgan fingerprint density at radius 3 is 2.80 bits per heavy atom. The Hall–Kier alpha value is -2.24. The zero-order valence-corrected chi connectivity index (χ0v) is 18.4. The van der Waals surface area contributed by atoms with Crippen molar-refractivity contribution >= 4 is 22.5 Å². The van der Waals surface area contributed by atoms with Crippen molar-refractivity contribution in [2.45, 2.75) is 46.2 Å². The highest BCUT2D eigenvalue weighted by Gasteiger charge is 2.23. The van der Waals surface area contributed by atoms with Crippen molar-refractivity contribution in [2.24, 2.45) is 5.92 Å². The molecule has 4 nitrogen and oxygen atoms in total. The van der Waals surface area contributed by atoms with Gasteiger partial charge in [0.2, 0.25) is 0 Å². The summed E-state index contributed by atoms with van der Waals surface area (Å²) in [5.41, 5.74) is 1.88. The molecule has 2 aromatic carbocycles. The van der Waals surface area contributed by atoms with Crippen molar-refractivity contribution in [3.63, 3.8) is 0 Å². The number of likely N-dealkylation sites (tertiary alicyclic amines) is 1. The minimum Gasteiger partial charge on any atom is -0.301 e. The Labute approximate surface area is 181 Å². The fraction of sp³-hybridized carbons (Fsp3) is 0.417. The second kappa shape index (κ2) is 8.48. The molecule has 0 amide bonds. The van der Waals surface area contributed by atoms with Gasteiger partial charge < -0.3 is 4.90 Å². The maximum Gasteiger partial charge on any atom is 0.262 e. The Bertz CT molecular complexity index is 1140. The number of piperidine rings is 1. The van der Waals surface area contributed by atoms with Gasteiger partial charge in [-0.2, -0.15) is 0 Å². The molecule has 0 N–H and O–H groups in total. The van der Waals surface area contributed by atoms with Crippen LogP contribution in [0.5, 0.6) is 0 Å². The van der Waals surface area contributed by atoms with E-state index in [9.17, 15) is 9.18 Å². The van der Waals surface area contributed by atoms with Gasteiger partial charge >= 0.3 is 0 Å². The van der Waals surface area contributed by atoms with Crippen LogP contribution in [0.25, 0.3) is 22.0 Å². The van der Waals surface area contributed by atoms with Crippen LogP contribution in [0.1, 0.15) is 32.5 Å². The highest BCUT2D eigenvalue weighted by atomic mass is 35.5. The largest absolute Gasteiger partial charge is 0.301 e. The summed E-state index contributed by atoms with van der Waals surface area (Å²) < 4.78 is 15.9. The molecule has 30 heavy (non-hydrogen) atoms. The van der Waals surface area contributed by atoms with Crippen molar-refractivity contribution in [2.75, 3.05) is 13.1 Å². The van der Waals surface area contributed by atoms with Crippen LogP contribution in [0.15, 0.2) is 41.2 Å². The fourth-order valence-electron chi connectivity index (χ4n) is 4.47. The minimum atomic E-state index is -0.498. The molecule has 0 spiro atoms. The second-order valence-corrected chi connectivity index (χ2v) is 8.91. The SMILES string of the molecule is Cc1nc2cccc(-c3ccc(Cl)c(F)c3)c2c(=O)n1C[C@H]1CCCN(C(C)C)C1. The summed E-state index contributed by atoms with van der Waals surface area (Å²) >= 11 is 5.85. The van der Waals surface area contributed by atoms with Crippen molar-refractivity contribution in [1.82, 2.24) is 14.5 Å². The van der Waals surface area contributed by atoms with Crippen LogP contribution < -0.4 is 5.56 Å². The zero-order chi connectivity index (χ0) is 21.4. The van der Waals surface area contributed by atoms with E-state index in [0.29, 0.717) is 46.4 Å². The summed E-state index contributed by atoms with van der Waals surface area (Å²) in [6, 6.07) is 10.7. The van der Waals surface area contributed by atoms with Crippen molar-refractivity contribution in [3.8, 4) is 11.1 Å². The lowest BCUT2D eigenvalue weighted by atomic mass is 9.96. The van der Waals surface area contributed by atoms with E-state index in [1.54, 1.807) is 10.6 Å². The molecule has 1 aromatic heterocycles. The summed E-state index contributed by atoms with van der Waals surface area (Å²) in [6.45, 7) is 9.08. The molecule has 0 aliphatic carbocycles. The minimum absolute atomic E-state index is 0.0647. The fourth-order valence-corrected chi connectivity index (χ4v) is 4.58. The first-order valence-corrected chi connectivity index (χ1v) is 10.9. The van der Waals surface area contributed by atoms with Crippen molar-refractivity contribution in [3.05, 3.63) is 63.4 Å². The van der Waals surface area contributed by atoms with E-state index in [2.05, 4.69) is 18.7 Å². The molecule has 4 rings (SSSR count). The summed E-state index contributed by atoms with van der Waals surface area (Å²) in [4.78, 5) is 20.8. The number of rotatable bonds is 4. The number of aryl methyl sites for hydroxylation is 1. The van der Waals surface area contributed by atoms with Gasteiger partial charge in [-0.25, -0.2) is 9.37 Å². The van der Waals surface area contributed by atoms with Gasteiger partial charge in [-0.3, -0.25) is 9.36 Å².